The second kappa shape index (κ2) is 7.55. The van der Waals surface area contributed by atoms with Crippen LogP contribution in [0.5, 0.6) is 11.5 Å². The maximum Gasteiger partial charge on any atom is 0.264 e. The van der Waals surface area contributed by atoms with E-state index in [9.17, 15) is 9.90 Å². The molecule has 0 fully saturated rings. The number of aryl methyl sites for hydroxylation is 1. The molecule has 4 aromatic rings. The van der Waals surface area contributed by atoms with Gasteiger partial charge in [-0.3, -0.25) is 4.79 Å². The lowest BCUT2D eigenvalue weighted by Gasteiger charge is -2.12. The van der Waals surface area contributed by atoms with Crippen molar-refractivity contribution in [2.45, 2.75) is 6.92 Å². The van der Waals surface area contributed by atoms with Crippen molar-refractivity contribution in [2.24, 2.45) is 12.0 Å². The highest BCUT2D eigenvalue weighted by Gasteiger charge is 2.23. The van der Waals surface area contributed by atoms with Gasteiger partial charge < -0.3 is 14.4 Å². The minimum Gasteiger partial charge on any atom is -0.506 e. The van der Waals surface area contributed by atoms with Crippen molar-refractivity contribution in [1.29, 1.82) is 0 Å². The van der Waals surface area contributed by atoms with Crippen LogP contribution in [0.25, 0.3) is 10.9 Å². The number of fused-ring (bicyclic) bond motifs is 1. The molecule has 29 heavy (non-hydrogen) atoms. The van der Waals surface area contributed by atoms with Gasteiger partial charge in [-0.05, 0) is 53.7 Å². The summed E-state index contributed by atoms with van der Waals surface area (Å²) in [4.78, 5) is 17.6. The molecular weight excluding hydrogens is 372 g/mol. The number of tetrazole rings is 1. The first-order valence-electron chi connectivity index (χ1n) is 8.97. The summed E-state index contributed by atoms with van der Waals surface area (Å²) in [5, 5.41) is 25.1. The monoisotopic (exact) mass is 390 g/mol. The minimum absolute atomic E-state index is 0.0126. The van der Waals surface area contributed by atoms with Crippen molar-refractivity contribution in [3.8, 4) is 11.5 Å². The van der Waals surface area contributed by atoms with Crippen molar-refractivity contribution in [1.82, 2.24) is 25.2 Å². The molecule has 0 aliphatic heterocycles. The number of aromatic nitrogens is 5. The highest BCUT2D eigenvalue weighted by Crippen LogP contribution is 2.28. The smallest absolute Gasteiger partial charge is 0.264 e. The average molecular weight is 390 g/mol. The fraction of sp³-hybridized carbons (Fsp3) is 0.150. The largest absolute Gasteiger partial charge is 0.506 e. The van der Waals surface area contributed by atoms with Crippen LogP contribution < -0.4 is 10.3 Å². The van der Waals surface area contributed by atoms with Gasteiger partial charge in [0.15, 0.2) is 5.82 Å². The fourth-order valence-corrected chi connectivity index (χ4v) is 3.09. The molecule has 0 atom stereocenters. The standard InChI is InChI=1S/C20H18N6O3/c1-3-29-13-10-8-12(9-11-13)21-17(19-22-24-25-23-19)16-18(27)14-6-4-5-7-15(14)26(2)20(16)28/h4-11,27H,3H2,1-2H3,(H,22,23,24,25)/b21-17-. The summed E-state index contributed by atoms with van der Waals surface area (Å²) >= 11 is 0. The molecule has 0 amide bonds. The van der Waals surface area contributed by atoms with E-state index in [4.69, 9.17) is 4.74 Å². The summed E-state index contributed by atoms with van der Waals surface area (Å²) in [5.41, 5.74) is 0.897. The Morgan fingerprint density at radius 1 is 1.21 bits per heavy atom. The van der Waals surface area contributed by atoms with Crippen molar-refractivity contribution < 1.29 is 9.84 Å². The van der Waals surface area contributed by atoms with Crippen molar-refractivity contribution in [3.05, 3.63) is 70.3 Å². The van der Waals surface area contributed by atoms with Crippen LogP contribution in [0.2, 0.25) is 0 Å². The molecule has 0 saturated heterocycles. The lowest BCUT2D eigenvalue weighted by atomic mass is 10.1. The third kappa shape index (κ3) is 3.33. The van der Waals surface area contributed by atoms with Crippen LogP contribution in [-0.2, 0) is 7.05 Å². The molecule has 2 N–H and O–H groups in total. The number of aromatic hydroxyl groups is 1. The second-order valence-electron chi connectivity index (χ2n) is 6.24. The van der Waals surface area contributed by atoms with Gasteiger partial charge in [-0.2, -0.15) is 0 Å². The number of ether oxygens (including phenoxy) is 1. The molecule has 0 aliphatic rings. The topological polar surface area (TPSA) is 118 Å². The first-order valence-corrected chi connectivity index (χ1v) is 8.97. The van der Waals surface area contributed by atoms with E-state index in [1.54, 1.807) is 55.6 Å². The van der Waals surface area contributed by atoms with Gasteiger partial charge in [0.1, 0.15) is 22.8 Å². The molecule has 4 rings (SSSR count). The van der Waals surface area contributed by atoms with Crippen LogP contribution >= 0.6 is 0 Å². The number of hydrogen-bond acceptors (Lipinski definition) is 7. The number of nitrogens with zero attached hydrogens (tertiary/aromatic N) is 5. The molecular formula is C20H18N6O3. The molecule has 9 heteroatoms. The average Bonchev–Trinajstić information content (AvgIpc) is 3.28. The molecule has 146 valence electrons. The van der Waals surface area contributed by atoms with Crippen LogP contribution in [0.15, 0.2) is 58.3 Å². The van der Waals surface area contributed by atoms with Crippen LogP contribution in [0, 0.1) is 0 Å². The molecule has 2 heterocycles. The van der Waals surface area contributed by atoms with Gasteiger partial charge in [0, 0.05) is 12.4 Å². The highest BCUT2D eigenvalue weighted by atomic mass is 16.5. The van der Waals surface area contributed by atoms with Crippen LogP contribution in [-0.4, -0.2) is 42.6 Å². The Labute approximate surface area is 165 Å². The normalized spacial score (nSPS) is 11.7. The summed E-state index contributed by atoms with van der Waals surface area (Å²) in [6, 6.07) is 14.1. The van der Waals surface area contributed by atoms with E-state index >= 15 is 0 Å². The Morgan fingerprint density at radius 2 is 1.97 bits per heavy atom. The van der Waals surface area contributed by atoms with Gasteiger partial charge in [-0.15, -0.1) is 5.10 Å². The third-order valence-electron chi connectivity index (χ3n) is 4.47. The quantitative estimate of drug-likeness (QED) is 0.505. The Bertz CT molecular complexity index is 1240. The van der Waals surface area contributed by atoms with Gasteiger partial charge in [-0.25, -0.2) is 10.1 Å². The van der Waals surface area contributed by atoms with Gasteiger partial charge >= 0.3 is 0 Å². The maximum absolute atomic E-state index is 13.1. The zero-order valence-electron chi connectivity index (χ0n) is 15.8. The number of para-hydroxylation sites is 1. The summed E-state index contributed by atoms with van der Waals surface area (Å²) < 4.78 is 6.90. The Morgan fingerprint density at radius 3 is 2.66 bits per heavy atom. The molecule has 0 radical (unpaired) electrons. The molecule has 0 spiro atoms. The number of nitrogens with one attached hydrogen (secondary N) is 1. The summed E-state index contributed by atoms with van der Waals surface area (Å²) in [6.45, 7) is 2.46. The molecule has 0 unspecified atom stereocenters. The van der Waals surface area contributed by atoms with E-state index < -0.39 is 5.56 Å². The molecule has 2 aromatic carbocycles. The lowest BCUT2D eigenvalue weighted by Crippen LogP contribution is -2.26. The lowest BCUT2D eigenvalue weighted by molar-refractivity contribution is 0.340. The minimum atomic E-state index is -0.415. The molecule has 0 bridgehead atoms. The number of aromatic amines is 1. The summed E-state index contributed by atoms with van der Waals surface area (Å²) in [7, 11) is 1.64. The van der Waals surface area contributed by atoms with Gasteiger partial charge in [0.05, 0.1) is 17.8 Å². The van der Waals surface area contributed by atoms with Gasteiger partial charge in [0.2, 0.25) is 0 Å². The maximum atomic E-state index is 13.1. The number of H-pyrrole nitrogens is 1. The predicted octanol–water partition coefficient (Wildman–Crippen LogP) is 2.33. The fourth-order valence-electron chi connectivity index (χ4n) is 3.09. The first kappa shape index (κ1) is 18.4. The number of pyridine rings is 1. The van der Waals surface area contributed by atoms with Crippen LogP contribution in [0.3, 0.4) is 0 Å². The van der Waals surface area contributed by atoms with Gasteiger partial charge in [0.25, 0.3) is 5.56 Å². The van der Waals surface area contributed by atoms with Crippen LogP contribution in [0.1, 0.15) is 18.3 Å². The number of hydrogen-bond donors (Lipinski definition) is 2. The zero-order valence-corrected chi connectivity index (χ0v) is 15.8. The van der Waals surface area contributed by atoms with Crippen molar-refractivity contribution >= 4 is 22.3 Å². The number of aliphatic imine (C=N–C) groups is 1. The number of benzene rings is 2. The second-order valence-corrected chi connectivity index (χ2v) is 6.24. The Balaban J connectivity index is 1.95. The van der Waals surface area contributed by atoms with E-state index in [0.717, 1.165) is 0 Å². The first-order chi connectivity index (χ1) is 14.1. The van der Waals surface area contributed by atoms with Gasteiger partial charge in [-0.1, -0.05) is 12.1 Å². The number of rotatable bonds is 5. The van der Waals surface area contributed by atoms with E-state index in [2.05, 4.69) is 25.6 Å². The van der Waals surface area contributed by atoms with E-state index in [0.29, 0.717) is 28.9 Å². The predicted molar refractivity (Wildman–Crippen MR) is 108 cm³/mol. The SMILES string of the molecule is CCOc1ccc(/N=C(\c2nnn[nH]2)c2c(O)c3ccccc3n(C)c2=O)cc1. The van der Waals surface area contributed by atoms with Crippen molar-refractivity contribution in [3.63, 3.8) is 0 Å². The third-order valence-corrected chi connectivity index (χ3v) is 4.47. The highest BCUT2D eigenvalue weighted by molar-refractivity contribution is 6.15. The molecule has 2 aromatic heterocycles. The van der Waals surface area contributed by atoms with Crippen molar-refractivity contribution in [2.75, 3.05) is 6.61 Å². The molecule has 0 aliphatic carbocycles. The molecule has 9 nitrogen and oxygen atoms in total. The summed E-state index contributed by atoms with van der Waals surface area (Å²) in [5.74, 6) is 0.699. The van der Waals surface area contributed by atoms with Crippen LogP contribution in [0.4, 0.5) is 5.69 Å². The van der Waals surface area contributed by atoms with E-state index in [1.165, 1.54) is 4.57 Å². The van der Waals surface area contributed by atoms with E-state index in [1.807, 2.05) is 6.92 Å². The molecule has 0 saturated carbocycles. The van der Waals surface area contributed by atoms with E-state index in [-0.39, 0.29) is 22.8 Å². The Hall–Kier alpha value is -4.01. The summed E-state index contributed by atoms with van der Waals surface area (Å²) in [6.07, 6.45) is 0. The Kier molecular flexibility index (Phi) is 4.78. The zero-order chi connectivity index (χ0) is 20.4.